The number of rotatable bonds is 7. The molecule has 3 aliphatic heterocycles. The second-order valence-corrected chi connectivity index (χ2v) is 14.1. The fraction of sp³-hybridized carbons (Fsp3) is 0.290. The van der Waals surface area contributed by atoms with Gasteiger partial charge in [0.1, 0.15) is 35.7 Å². The molecule has 1 fully saturated rings. The maximum atomic E-state index is 13.5. The first-order valence-electron chi connectivity index (χ1n) is 14.0. The smallest absolute Gasteiger partial charge is 0.243 e. The molecule has 12 heteroatoms. The van der Waals surface area contributed by atoms with E-state index >= 15 is 0 Å². The first-order valence-corrected chi connectivity index (χ1v) is 16.7. The van der Waals surface area contributed by atoms with Crippen LogP contribution in [0.1, 0.15) is 17.5 Å². The summed E-state index contributed by atoms with van der Waals surface area (Å²) >= 11 is 8.12. The second-order valence-electron chi connectivity index (χ2n) is 10.6. The Balaban J connectivity index is 1.12. The summed E-state index contributed by atoms with van der Waals surface area (Å²) in [7, 11) is -1.53. The molecule has 2 unspecified atom stereocenters. The van der Waals surface area contributed by atoms with E-state index in [4.69, 9.17) is 16.3 Å². The number of likely N-dealkylation sites (N-methyl/N-ethyl adjacent to an activating group) is 1. The Hall–Kier alpha value is -3.22. The van der Waals surface area contributed by atoms with Gasteiger partial charge in [-0.1, -0.05) is 53.7 Å². The van der Waals surface area contributed by atoms with Crippen molar-refractivity contribution in [1.82, 2.24) is 9.21 Å². The number of sulfonamides is 1. The van der Waals surface area contributed by atoms with Crippen LogP contribution in [0.15, 0.2) is 87.7 Å². The molecule has 0 aromatic heterocycles. The molecule has 43 heavy (non-hydrogen) atoms. The molecule has 8 nitrogen and oxygen atoms in total. The molecule has 0 saturated carbocycles. The van der Waals surface area contributed by atoms with Crippen molar-refractivity contribution >= 4 is 56.2 Å². The van der Waals surface area contributed by atoms with Gasteiger partial charge in [0.2, 0.25) is 10.0 Å². The third-order valence-corrected chi connectivity index (χ3v) is 11.0. The summed E-state index contributed by atoms with van der Waals surface area (Å²) in [5, 5.41) is 3.70. The largest absolute Gasteiger partial charge is 0.487 e. The molecule has 224 valence electrons. The average Bonchev–Trinajstić information content (AvgIpc) is 3.32. The van der Waals surface area contributed by atoms with Crippen molar-refractivity contribution in [3.05, 3.63) is 94.8 Å². The summed E-state index contributed by atoms with van der Waals surface area (Å²) in [6, 6.07) is 18.7. The quantitative estimate of drug-likeness (QED) is 0.343. The number of nitrogens with zero attached hydrogens (tertiary/aromatic N) is 4. The number of halogens is 2. The Bertz CT molecular complexity index is 1700. The number of thioether (sulfide) groups is 1. The number of hydrogen-bond acceptors (Lipinski definition) is 8. The zero-order valence-corrected chi connectivity index (χ0v) is 25.9. The molecular weight excluding hydrogens is 609 g/mol. The van der Waals surface area contributed by atoms with E-state index in [9.17, 15) is 12.8 Å². The van der Waals surface area contributed by atoms with Gasteiger partial charge in [0.15, 0.2) is 0 Å². The van der Waals surface area contributed by atoms with Gasteiger partial charge in [0.25, 0.3) is 0 Å². The molecule has 3 heterocycles. The molecule has 3 aliphatic rings. The predicted octanol–water partition coefficient (Wildman–Crippen LogP) is 5.97. The lowest BCUT2D eigenvalue weighted by Gasteiger charge is -2.21. The van der Waals surface area contributed by atoms with E-state index in [1.165, 1.54) is 12.1 Å². The molecule has 0 spiro atoms. The monoisotopic (exact) mass is 639 g/mol. The van der Waals surface area contributed by atoms with Crippen molar-refractivity contribution in [3.63, 3.8) is 0 Å². The normalized spacial score (nSPS) is 21.1. The van der Waals surface area contributed by atoms with Crippen LogP contribution < -0.4 is 10.1 Å². The number of hydrogen-bond donors (Lipinski definition) is 1. The number of nitrogens with one attached hydrogen (secondary N) is 1. The van der Waals surface area contributed by atoms with Crippen molar-refractivity contribution in [2.45, 2.75) is 23.3 Å². The highest BCUT2D eigenvalue weighted by molar-refractivity contribution is 8.09. The SMILES string of the molecule is CN1CCCN(S(=O)(=O)c2ccc(C3=CC4C(Nc5ccc(OCc6cccc(F)c6)c(Cl)c5)=NC=NC4S3)cc2)CC1. The Morgan fingerprint density at radius 3 is 2.70 bits per heavy atom. The van der Waals surface area contributed by atoms with Crippen molar-refractivity contribution in [1.29, 1.82) is 0 Å². The molecule has 6 rings (SSSR count). The summed E-state index contributed by atoms with van der Waals surface area (Å²) < 4.78 is 47.4. The summed E-state index contributed by atoms with van der Waals surface area (Å²) in [4.78, 5) is 12.5. The Labute approximate surface area is 260 Å². The van der Waals surface area contributed by atoms with Crippen LogP contribution in [-0.2, 0) is 16.6 Å². The van der Waals surface area contributed by atoms with Crippen LogP contribution in [-0.4, -0.2) is 68.4 Å². The molecule has 0 radical (unpaired) electrons. The molecule has 1 saturated heterocycles. The molecule has 0 amide bonds. The lowest BCUT2D eigenvalue weighted by atomic mass is 10.0. The van der Waals surface area contributed by atoms with Crippen molar-refractivity contribution in [2.24, 2.45) is 15.9 Å². The van der Waals surface area contributed by atoms with Crippen LogP contribution in [0.4, 0.5) is 10.1 Å². The molecule has 0 bridgehead atoms. The van der Waals surface area contributed by atoms with Gasteiger partial charge in [-0.2, -0.15) is 4.31 Å². The summed E-state index contributed by atoms with van der Waals surface area (Å²) in [5.74, 6) is 0.821. The highest BCUT2D eigenvalue weighted by Gasteiger charge is 2.34. The third kappa shape index (κ3) is 6.81. The fourth-order valence-electron chi connectivity index (χ4n) is 5.19. The highest BCUT2D eigenvalue weighted by Crippen LogP contribution is 2.45. The minimum atomic E-state index is -3.55. The summed E-state index contributed by atoms with van der Waals surface area (Å²) in [6.07, 6.45) is 4.49. The van der Waals surface area contributed by atoms with Crippen molar-refractivity contribution in [3.8, 4) is 5.75 Å². The van der Waals surface area contributed by atoms with E-state index in [1.807, 2.05) is 25.2 Å². The van der Waals surface area contributed by atoms with Gasteiger partial charge >= 0.3 is 0 Å². The summed E-state index contributed by atoms with van der Waals surface area (Å²) in [5.41, 5.74) is 2.39. The molecule has 2 atom stereocenters. The third-order valence-electron chi connectivity index (χ3n) is 7.55. The number of benzene rings is 3. The van der Waals surface area contributed by atoms with Crippen molar-refractivity contribution < 1.29 is 17.5 Å². The zero-order valence-electron chi connectivity index (χ0n) is 23.5. The topological polar surface area (TPSA) is 86.6 Å². The van der Waals surface area contributed by atoms with E-state index < -0.39 is 10.0 Å². The molecule has 1 N–H and O–H groups in total. The second kappa shape index (κ2) is 12.8. The van der Waals surface area contributed by atoms with E-state index in [0.717, 1.165) is 41.5 Å². The Kier molecular flexibility index (Phi) is 8.88. The zero-order chi connectivity index (χ0) is 30.0. The average molecular weight is 640 g/mol. The summed E-state index contributed by atoms with van der Waals surface area (Å²) in [6.45, 7) is 2.84. The molecule has 3 aromatic carbocycles. The number of ether oxygens (including phenoxy) is 1. The number of amidine groups is 1. The molecule has 0 aliphatic carbocycles. The van der Waals surface area contributed by atoms with Gasteiger partial charge in [-0.05, 0) is 73.6 Å². The van der Waals surface area contributed by atoms with Crippen LogP contribution in [0.2, 0.25) is 5.02 Å². The lowest BCUT2D eigenvalue weighted by Crippen LogP contribution is -2.34. The van der Waals surface area contributed by atoms with E-state index in [2.05, 4.69) is 26.3 Å². The van der Waals surface area contributed by atoms with Crippen LogP contribution >= 0.6 is 23.4 Å². The van der Waals surface area contributed by atoms with Crippen LogP contribution in [0.5, 0.6) is 5.75 Å². The fourth-order valence-corrected chi connectivity index (χ4v) is 8.12. The van der Waals surface area contributed by atoms with E-state index in [1.54, 1.807) is 58.8 Å². The maximum absolute atomic E-state index is 13.5. The molecular formula is C31H31ClFN5O3S2. The number of aliphatic imine (C=N–C) groups is 2. The number of fused-ring (bicyclic) bond motifs is 1. The first kappa shape index (κ1) is 29.8. The Morgan fingerprint density at radius 2 is 1.91 bits per heavy atom. The van der Waals surface area contributed by atoms with Gasteiger partial charge in [0.05, 0.1) is 15.8 Å². The predicted molar refractivity (Wildman–Crippen MR) is 172 cm³/mol. The van der Waals surface area contributed by atoms with Gasteiger partial charge in [0, 0.05) is 30.2 Å². The van der Waals surface area contributed by atoms with Crippen molar-refractivity contribution in [2.75, 3.05) is 38.5 Å². The number of anilines is 1. The maximum Gasteiger partial charge on any atom is 0.243 e. The van der Waals surface area contributed by atoms with Gasteiger partial charge in [-0.3, -0.25) is 4.99 Å². The molecule has 3 aromatic rings. The minimum absolute atomic E-state index is 0.0863. The Morgan fingerprint density at radius 1 is 1.07 bits per heavy atom. The van der Waals surface area contributed by atoms with Gasteiger partial charge < -0.3 is 15.0 Å². The van der Waals surface area contributed by atoms with Gasteiger partial charge in [-0.25, -0.2) is 17.8 Å². The lowest BCUT2D eigenvalue weighted by molar-refractivity contribution is 0.306. The minimum Gasteiger partial charge on any atom is -0.487 e. The van der Waals surface area contributed by atoms with E-state index in [-0.39, 0.29) is 23.7 Å². The van der Waals surface area contributed by atoms with E-state index in [0.29, 0.717) is 34.3 Å². The standard InChI is InChI=1S/C31H31ClFN5O3S2/c1-37-12-3-13-38(15-14-37)43(39,40)25-9-6-22(7-10-25)29-18-26-30(34-20-35-31(26)42-29)36-24-8-11-28(27(32)17-24)41-19-21-4-2-5-23(33)16-21/h2,4-11,16-18,20,26,31H,3,12-15,19H2,1H3,(H,34,35,36). The van der Waals surface area contributed by atoms with Gasteiger partial charge in [-0.15, -0.1) is 0 Å². The first-order chi connectivity index (χ1) is 20.8. The van der Waals surface area contributed by atoms with Crippen LogP contribution in [0.25, 0.3) is 4.91 Å². The van der Waals surface area contributed by atoms with Crippen LogP contribution in [0.3, 0.4) is 0 Å². The van der Waals surface area contributed by atoms with Crippen LogP contribution in [0, 0.1) is 11.7 Å². The highest BCUT2D eigenvalue weighted by atomic mass is 35.5.